The van der Waals surface area contributed by atoms with Gasteiger partial charge in [-0.15, -0.1) is 10.2 Å². The third kappa shape index (κ3) is 2.33. The van der Waals surface area contributed by atoms with Crippen LogP contribution in [0.25, 0.3) is 17.1 Å². The summed E-state index contributed by atoms with van der Waals surface area (Å²) in [4.78, 5) is 0. The third-order valence-electron chi connectivity index (χ3n) is 3.18. The topological polar surface area (TPSA) is 103 Å². The number of methoxy groups -OCH3 is 1. The van der Waals surface area contributed by atoms with Gasteiger partial charge in [0.15, 0.2) is 5.82 Å². The Hall–Kier alpha value is -3.40. The zero-order valence-corrected chi connectivity index (χ0v) is 11.8. The molecule has 7 heteroatoms. The summed E-state index contributed by atoms with van der Waals surface area (Å²) in [6.45, 7) is 0. The van der Waals surface area contributed by atoms with E-state index in [2.05, 4.69) is 15.3 Å². The van der Waals surface area contributed by atoms with Gasteiger partial charge in [0, 0.05) is 5.56 Å². The largest absolute Gasteiger partial charge is 0.497 e. The van der Waals surface area contributed by atoms with Gasteiger partial charge in [0.05, 0.1) is 19.0 Å². The van der Waals surface area contributed by atoms with E-state index in [4.69, 9.17) is 15.7 Å². The molecule has 2 heterocycles. The summed E-state index contributed by atoms with van der Waals surface area (Å²) in [7, 11) is 1.62. The van der Waals surface area contributed by atoms with Gasteiger partial charge in [-0.1, -0.05) is 0 Å². The van der Waals surface area contributed by atoms with Crippen LogP contribution in [0.1, 0.15) is 5.56 Å². The van der Waals surface area contributed by atoms with Crippen molar-refractivity contribution in [1.29, 1.82) is 5.26 Å². The van der Waals surface area contributed by atoms with Gasteiger partial charge in [-0.25, -0.2) is 0 Å². The Morgan fingerprint density at radius 1 is 1.14 bits per heavy atom. The van der Waals surface area contributed by atoms with Gasteiger partial charge in [-0.3, -0.25) is 0 Å². The number of rotatable bonds is 3. The number of benzene rings is 1. The maximum absolute atomic E-state index is 8.88. The van der Waals surface area contributed by atoms with E-state index in [0.717, 1.165) is 17.0 Å². The lowest BCUT2D eigenvalue weighted by Crippen LogP contribution is -2.05. The molecule has 3 aromatic rings. The first kappa shape index (κ1) is 13.6. The quantitative estimate of drug-likeness (QED) is 0.789. The molecule has 1 aromatic carbocycles. The van der Waals surface area contributed by atoms with Crippen molar-refractivity contribution in [2.24, 2.45) is 0 Å². The first-order valence-corrected chi connectivity index (χ1v) is 6.45. The molecule has 0 unspecified atom stereocenters. The highest BCUT2D eigenvalue weighted by Crippen LogP contribution is 2.21. The fraction of sp³-hybridized carbons (Fsp3) is 0.0667. The minimum atomic E-state index is 0.244. The van der Waals surface area contributed by atoms with Crippen LogP contribution in [0.2, 0.25) is 0 Å². The molecule has 2 aromatic heterocycles. The standard InChI is InChI=1S/C15H12N6O/c1-22-12-4-2-10(3-5-12)13-6-7-14(20-19-13)21-15(17)11(8-16)9-18-21/h2-7,9H,17H2,1H3. The minimum Gasteiger partial charge on any atom is -0.497 e. The van der Waals surface area contributed by atoms with Crippen molar-refractivity contribution in [3.8, 4) is 28.9 Å². The lowest BCUT2D eigenvalue weighted by Gasteiger charge is -2.05. The SMILES string of the molecule is COc1ccc(-c2ccc(-n3ncc(C#N)c3N)nn2)cc1. The number of nitrogens with zero attached hydrogens (tertiary/aromatic N) is 5. The molecule has 0 aliphatic carbocycles. The lowest BCUT2D eigenvalue weighted by molar-refractivity contribution is 0.415. The molecule has 0 fully saturated rings. The normalized spacial score (nSPS) is 10.2. The highest BCUT2D eigenvalue weighted by atomic mass is 16.5. The zero-order chi connectivity index (χ0) is 15.5. The van der Waals surface area contributed by atoms with Gasteiger partial charge >= 0.3 is 0 Å². The van der Waals surface area contributed by atoms with Crippen LogP contribution >= 0.6 is 0 Å². The maximum Gasteiger partial charge on any atom is 0.178 e. The molecule has 0 amide bonds. The van der Waals surface area contributed by atoms with Crippen LogP contribution in [0, 0.1) is 11.3 Å². The number of nitrogens with two attached hydrogens (primary N) is 1. The molecule has 0 saturated carbocycles. The van der Waals surface area contributed by atoms with Crippen LogP contribution in [0.15, 0.2) is 42.6 Å². The van der Waals surface area contributed by atoms with Gasteiger partial charge in [0.2, 0.25) is 0 Å². The van der Waals surface area contributed by atoms with Crippen molar-refractivity contribution in [2.75, 3.05) is 12.8 Å². The third-order valence-corrected chi connectivity index (χ3v) is 3.18. The van der Waals surface area contributed by atoms with E-state index >= 15 is 0 Å². The van der Waals surface area contributed by atoms with Crippen molar-refractivity contribution in [1.82, 2.24) is 20.0 Å². The molecule has 0 atom stereocenters. The second kappa shape index (κ2) is 5.54. The summed E-state index contributed by atoms with van der Waals surface area (Å²) in [5.74, 6) is 1.48. The Balaban J connectivity index is 1.92. The second-order valence-electron chi connectivity index (χ2n) is 4.47. The number of nitrogen functional groups attached to an aromatic ring is 1. The van der Waals surface area contributed by atoms with Crippen LogP contribution in [-0.4, -0.2) is 27.1 Å². The Kier molecular flexibility index (Phi) is 3.42. The van der Waals surface area contributed by atoms with E-state index in [1.807, 2.05) is 36.4 Å². The number of anilines is 1. The summed E-state index contributed by atoms with van der Waals surface area (Å²) >= 11 is 0. The Labute approximate surface area is 126 Å². The van der Waals surface area contributed by atoms with Crippen molar-refractivity contribution < 1.29 is 4.74 Å². The average Bonchev–Trinajstić information content (AvgIpc) is 2.96. The first-order valence-electron chi connectivity index (χ1n) is 6.45. The van der Waals surface area contributed by atoms with Crippen LogP contribution in [0.5, 0.6) is 5.75 Å². The van der Waals surface area contributed by atoms with Crippen LogP contribution in [0.4, 0.5) is 5.82 Å². The highest BCUT2D eigenvalue weighted by Gasteiger charge is 2.10. The van der Waals surface area contributed by atoms with Crippen molar-refractivity contribution in [2.45, 2.75) is 0 Å². The summed E-state index contributed by atoms with van der Waals surface area (Å²) in [6, 6.07) is 13.0. The highest BCUT2D eigenvalue weighted by molar-refractivity contribution is 5.60. The summed E-state index contributed by atoms with van der Waals surface area (Å²) in [6.07, 6.45) is 1.40. The molecular formula is C15H12N6O. The summed E-state index contributed by atoms with van der Waals surface area (Å²) in [5.41, 5.74) is 7.77. The Morgan fingerprint density at radius 2 is 1.91 bits per heavy atom. The molecule has 3 rings (SSSR count). The fourth-order valence-electron chi connectivity index (χ4n) is 1.98. The average molecular weight is 292 g/mol. The Bertz CT molecular complexity index is 830. The molecule has 0 aliphatic heterocycles. The fourth-order valence-corrected chi connectivity index (χ4v) is 1.98. The molecule has 7 nitrogen and oxygen atoms in total. The van der Waals surface area contributed by atoms with Gasteiger partial charge in [0.1, 0.15) is 23.2 Å². The van der Waals surface area contributed by atoms with Crippen LogP contribution in [0.3, 0.4) is 0 Å². The van der Waals surface area contributed by atoms with Crippen molar-refractivity contribution in [3.63, 3.8) is 0 Å². The number of ether oxygens (including phenoxy) is 1. The molecule has 108 valence electrons. The van der Waals surface area contributed by atoms with E-state index in [-0.39, 0.29) is 5.82 Å². The predicted molar refractivity (Wildman–Crippen MR) is 80.3 cm³/mol. The Morgan fingerprint density at radius 3 is 2.45 bits per heavy atom. The number of hydrogen-bond donors (Lipinski definition) is 1. The van der Waals surface area contributed by atoms with Gasteiger partial charge < -0.3 is 10.5 Å². The summed E-state index contributed by atoms with van der Waals surface area (Å²) in [5, 5.41) is 21.2. The first-order chi connectivity index (χ1) is 10.7. The molecule has 0 saturated heterocycles. The molecule has 0 radical (unpaired) electrons. The van der Waals surface area contributed by atoms with E-state index < -0.39 is 0 Å². The minimum absolute atomic E-state index is 0.244. The van der Waals surface area contributed by atoms with Crippen LogP contribution < -0.4 is 10.5 Å². The van der Waals surface area contributed by atoms with Crippen molar-refractivity contribution in [3.05, 3.63) is 48.2 Å². The smallest absolute Gasteiger partial charge is 0.178 e. The zero-order valence-electron chi connectivity index (χ0n) is 11.8. The van der Waals surface area contributed by atoms with E-state index in [0.29, 0.717) is 11.4 Å². The van der Waals surface area contributed by atoms with Gasteiger partial charge in [-0.2, -0.15) is 15.0 Å². The van der Waals surface area contributed by atoms with Gasteiger partial charge in [-0.05, 0) is 36.4 Å². The van der Waals surface area contributed by atoms with Crippen molar-refractivity contribution >= 4 is 5.82 Å². The maximum atomic E-state index is 8.88. The molecule has 0 bridgehead atoms. The molecular weight excluding hydrogens is 280 g/mol. The summed E-state index contributed by atoms with van der Waals surface area (Å²) < 4.78 is 6.50. The van der Waals surface area contributed by atoms with E-state index in [1.165, 1.54) is 10.9 Å². The predicted octanol–water partition coefficient (Wildman–Crippen LogP) is 1.79. The second-order valence-corrected chi connectivity index (χ2v) is 4.47. The van der Waals surface area contributed by atoms with E-state index in [9.17, 15) is 0 Å². The van der Waals surface area contributed by atoms with Crippen LogP contribution in [-0.2, 0) is 0 Å². The number of hydrogen-bond acceptors (Lipinski definition) is 6. The monoisotopic (exact) mass is 292 g/mol. The van der Waals surface area contributed by atoms with E-state index in [1.54, 1.807) is 13.2 Å². The molecule has 0 aliphatic rings. The number of aromatic nitrogens is 4. The number of nitriles is 1. The van der Waals surface area contributed by atoms with Gasteiger partial charge in [0.25, 0.3) is 0 Å². The molecule has 2 N–H and O–H groups in total. The molecule has 0 spiro atoms. The lowest BCUT2D eigenvalue weighted by atomic mass is 10.1. The molecule has 22 heavy (non-hydrogen) atoms.